The lowest BCUT2D eigenvalue weighted by atomic mass is 9.89. The van der Waals surface area contributed by atoms with Crippen LogP contribution < -0.4 is 11.1 Å². The van der Waals surface area contributed by atoms with E-state index in [1.54, 1.807) is 4.90 Å². The highest BCUT2D eigenvalue weighted by molar-refractivity contribution is 5.85. The van der Waals surface area contributed by atoms with Crippen molar-refractivity contribution in [1.29, 1.82) is 0 Å². The van der Waals surface area contributed by atoms with Crippen LogP contribution in [-0.4, -0.2) is 42.9 Å². The van der Waals surface area contributed by atoms with Gasteiger partial charge < -0.3 is 16.0 Å². The Labute approximate surface area is 131 Å². The van der Waals surface area contributed by atoms with E-state index in [0.29, 0.717) is 19.6 Å². The van der Waals surface area contributed by atoms with Crippen molar-refractivity contribution in [2.24, 2.45) is 11.7 Å². The van der Waals surface area contributed by atoms with Gasteiger partial charge >= 0.3 is 0 Å². The molecule has 1 aliphatic rings. The van der Waals surface area contributed by atoms with Gasteiger partial charge in [0.2, 0.25) is 11.8 Å². The van der Waals surface area contributed by atoms with E-state index in [1.165, 1.54) is 12.5 Å². The standard InChI is InChI=1S/C15H21N3O2.ClH/c1-11(19)17-8-15(20)18-9-13(7-16)14(10-18)12-5-3-2-4-6-12;/h2-6,13-14H,7-10,16H2,1H3,(H,17,19);1H/t13-,14+;/m1./s1. The summed E-state index contributed by atoms with van der Waals surface area (Å²) in [5.74, 6) is 0.325. The zero-order valence-corrected chi connectivity index (χ0v) is 12.9. The van der Waals surface area contributed by atoms with Crippen molar-refractivity contribution in [3.63, 3.8) is 0 Å². The molecule has 2 atom stereocenters. The molecule has 1 aromatic rings. The minimum Gasteiger partial charge on any atom is -0.347 e. The topological polar surface area (TPSA) is 75.4 Å². The van der Waals surface area contributed by atoms with Crippen LogP contribution in [0.3, 0.4) is 0 Å². The molecule has 2 rings (SSSR count). The first-order valence-corrected chi connectivity index (χ1v) is 6.89. The van der Waals surface area contributed by atoms with Crippen molar-refractivity contribution in [1.82, 2.24) is 10.2 Å². The van der Waals surface area contributed by atoms with Crippen LogP contribution in [0.2, 0.25) is 0 Å². The maximum Gasteiger partial charge on any atom is 0.241 e. The number of nitrogens with zero attached hydrogens (tertiary/aromatic N) is 1. The van der Waals surface area contributed by atoms with Crippen LogP contribution in [0.1, 0.15) is 18.4 Å². The maximum atomic E-state index is 12.1. The minimum absolute atomic E-state index is 0. The summed E-state index contributed by atoms with van der Waals surface area (Å²) in [6.45, 7) is 3.36. The van der Waals surface area contributed by atoms with Crippen LogP contribution >= 0.6 is 12.4 Å². The van der Waals surface area contributed by atoms with Gasteiger partial charge in [-0.3, -0.25) is 9.59 Å². The number of amides is 2. The highest BCUT2D eigenvalue weighted by Crippen LogP contribution is 2.31. The number of nitrogens with two attached hydrogens (primary N) is 1. The van der Waals surface area contributed by atoms with Gasteiger partial charge in [0.15, 0.2) is 0 Å². The van der Waals surface area contributed by atoms with Gasteiger partial charge in [0, 0.05) is 25.9 Å². The molecule has 3 N–H and O–H groups in total. The van der Waals surface area contributed by atoms with E-state index >= 15 is 0 Å². The molecule has 0 bridgehead atoms. The lowest BCUT2D eigenvalue weighted by molar-refractivity contribution is -0.131. The Morgan fingerprint density at radius 2 is 1.95 bits per heavy atom. The fourth-order valence-corrected chi connectivity index (χ4v) is 2.70. The van der Waals surface area contributed by atoms with Crippen LogP contribution in [-0.2, 0) is 9.59 Å². The molecule has 0 spiro atoms. The number of likely N-dealkylation sites (tertiary alicyclic amines) is 1. The number of nitrogens with one attached hydrogen (secondary N) is 1. The first-order valence-electron chi connectivity index (χ1n) is 6.89. The Balaban J connectivity index is 0.00000220. The van der Waals surface area contributed by atoms with Crippen molar-refractivity contribution in [3.8, 4) is 0 Å². The zero-order valence-electron chi connectivity index (χ0n) is 12.1. The summed E-state index contributed by atoms with van der Waals surface area (Å²) in [6, 6.07) is 10.1. The molecule has 0 saturated carbocycles. The summed E-state index contributed by atoms with van der Waals surface area (Å²) in [6.07, 6.45) is 0. The second-order valence-corrected chi connectivity index (χ2v) is 5.22. The summed E-state index contributed by atoms with van der Waals surface area (Å²) < 4.78 is 0. The largest absolute Gasteiger partial charge is 0.347 e. The Morgan fingerprint density at radius 3 is 2.52 bits per heavy atom. The number of halogens is 1. The lowest BCUT2D eigenvalue weighted by Gasteiger charge is -2.17. The van der Waals surface area contributed by atoms with Gasteiger partial charge in [-0.05, 0) is 18.0 Å². The van der Waals surface area contributed by atoms with Crippen LogP contribution in [0.5, 0.6) is 0 Å². The van der Waals surface area contributed by atoms with Crippen molar-refractivity contribution in [3.05, 3.63) is 35.9 Å². The van der Waals surface area contributed by atoms with Gasteiger partial charge in [0.05, 0.1) is 6.54 Å². The summed E-state index contributed by atoms with van der Waals surface area (Å²) in [4.78, 5) is 24.7. The van der Waals surface area contributed by atoms with E-state index < -0.39 is 0 Å². The third-order valence-corrected chi connectivity index (χ3v) is 3.81. The normalized spacial score (nSPS) is 20.8. The van der Waals surface area contributed by atoms with Gasteiger partial charge in [0.25, 0.3) is 0 Å². The third kappa shape index (κ3) is 4.44. The zero-order chi connectivity index (χ0) is 14.5. The van der Waals surface area contributed by atoms with E-state index in [-0.39, 0.29) is 42.6 Å². The number of hydrogen-bond acceptors (Lipinski definition) is 3. The molecule has 1 saturated heterocycles. The quantitative estimate of drug-likeness (QED) is 0.861. The van der Waals surface area contributed by atoms with E-state index in [4.69, 9.17) is 5.73 Å². The molecule has 0 unspecified atom stereocenters. The van der Waals surface area contributed by atoms with Crippen LogP contribution in [0.15, 0.2) is 30.3 Å². The average molecular weight is 312 g/mol. The molecule has 1 heterocycles. The molecule has 1 aromatic carbocycles. The van der Waals surface area contributed by atoms with Gasteiger partial charge in [0.1, 0.15) is 0 Å². The SMILES string of the molecule is CC(=O)NCC(=O)N1C[C@@H](CN)[C@H](c2ccccc2)C1.Cl. The highest BCUT2D eigenvalue weighted by Gasteiger charge is 2.34. The Bertz CT molecular complexity index is 481. The summed E-state index contributed by atoms with van der Waals surface area (Å²) in [5.41, 5.74) is 7.06. The Hall–Kier alpha value is -1.59. The van der Waals surface area contributed by atoms with Gasteiger partial charge in [-0.1, -0.05) is 30.3 Å². The molecule has 1 aliphatic heterocycles. The fourth-order valence-electron chi connectivity index (χ4n) is 2.70. The van der Waals surface area contributed by atoms with Gasteiger partial charge in [-0.2, -0.15) is 0 Å². The van der Waals surface area contributed by atoms with Crippen LogP contribution in [0.4, 0.5) is 0 Å². The molecular formula is C15H22ClN3O2. The molecule has 6 heteroatoms. The number of hydrogen-bond donors (Lipinski definition) is 2. The molecule has 2 amide bonds. The predicted molar refractivity (Wildman–Crippen MR) is 84.2 cm³/mol. The fraction of sp³-hybridized carbons (Fsp3) is 0.467. The molecule has 0 aromatic heterocycles. The molecule has 1 fully saturated rings. The minimum atomic E-state index is -0.187. The monoisotopic (exact) mass is 311 g/mol. The Morgan fingerprint density at radius 1 is 1.29 bits per heavy atom. The number of benzene rings is 1. The first kappa shape index (κ1) is 17.5. The predicted octanol–water partition coefficient (Wildman–Crippen LogP) is 0.745. The second kappa shape index (κ2) is 8.00. The van der Waals surface area contributed by atoms with E-state index in [9.17, 15) is 9.59 Å². The number of carbonyl (C=O) groups excluding carboxylic acids is 2. The van der Waals surface area contributed by atoms with Gasteiger partial charge in [-0.15, -0.1) is 12.4 Å². The lowest BCUT2D eigenvalue weighted by Crippen LogP contribution is -2.38. The van der Waals surface area contributed by atoms with Crippen molar-refractivity contribution in [2.45, 2.75) is 12.8 Å². The van der Waals surface area contributed by atoms with Crippen molar-refractivity contribution < 1.29 is 9.59 Å². The molecule has 21 heavy (non-hydrogen) atoms. The van der Waals surface area contributed by atoms with Gasteiger partial charge in [-0.25, -0.2) is 0 Å². The second-order valence-electron chi connectivity index (χ2n) is 5.22. The summed E-state index contributed by atoms with van der Waals surface area (Å²) in [7, 11) is 0. The van der Waals surface area contributed by atoms with Crippen molar-refractivity contribution >= 4 is 24.2 Å². The Kier molecular flexibility index (Phi) is 6.65. The number of rotatable bonds is 4. The molecule has 0 aliphatic carbocycles. The summed E-state index contributed by atoms with van der Waals surface area (Å²) in [5, 5.41) is 2.55. The van der Waals surface area contributed by atoms with Crippen LogP contribution in [0.25, 0.3) is 0 Å². The third-order valence-electron chi connectivity index (χ3n) is 3.81. The van der Waals surface area contributed by atoms with Crippen molar-refractivity contribution in [2.75, 3.05) is 26.2 Å². The first-order chi connectivity index (χ1) is 9.61. The molecule has 5 nitrogen and oxygen atoms in total. The molecule has 0 radical (unpaired) electrons. The van der Waals surface area contributed by atoms with Crippen LogP contribution in [0, 0.1) is 5.92 Å². The smallest absolute Gasteiger partial charge is 0.241 e. The van der Waals surface area contributed by atoms with E-state index in [1.807, 2.05) is 18.2 Å². The molecular weight excluding hydrogens is 290 g/mol. The summed E-state index contributed by atoms with van der Waals surface area (Å²) >= 11 is 0. The molecule has 116 valence electrons. The average Bonchev–Trinajstić information content (AvgIpc) is 2.90. The maximum absolute atomic E-state index is 12.1. The van der Waals surface area contributed by atoms with E-state index in [2.05, 4.69) is 17.4 Å². The number of carbonyl (C=O) groups is 2. The highest BCUT2D eigenvalue weighted by atomic mass is 35.5. The van der Waals surface area contributed by atoms with E-state index in [0.717, 1.165) is 0 Å².